The second-order valence-electron chi connectivity index (χ2n) is 3.20. The third kappa shape index (κ3) is 0.864. The van der Waals surface area contributed by atoms with Crippen LogP contribution < -0.4 is 5.32 Å². The highest BCUT2D eigenvalue weighted by Gasteiger charge is 2.34. The zero-order valence-electron chi connectivity index (χ0n) is 5.51. The van der Waals surface area contributed by atoms with Crippen molar-refractivity contribution >= 4 is 0 Å². The third-order valence-corrected chi connectivity index (χ3v) is 2.51. The molecule has 0 amide bonds. The summed E-state index contributed by atoms with van der Waals surface area (Å²) in [6.45, 7) is 0. The fraction of sp³-hybridized carbons (Fsp3) is 1.00. The highest BCUT2D eigenvalue weighted by atomic mass is 16.3. The maximum atomic E-state index is 9.34. The summed E-state index contributed by atoms with van der Waals surface area (Å²) in [6, 6.07) is 1.07. The molecule has 2 nitrogen and oxygen atoms in total. The van der Waals surface area contributed by atoms with Crippen molar-refractivity contribution in [2.24, 2.45) is 0 Å². The number of piperidine rings is 1. The number of hydrogen-bond donors (Lipinski definition) is 2. The van der Waals surface area contributed by atoms with Gasteiger partial charge in [0.15, 0.2) is 0 Å². The maximum Gasteiger partial charge on any atom is 0.0708 e. The lowest BCUT2D eigenvalue weighted by Gasteiger charge is -2.20. The number of aliphatic hydroxyl groups is 1. The van der Waals surface area contributed by atoms with Crippen molar-refractivity contribution in [3.8, 4) is 0 Å². The van der Waals surface area contributed by atoms with Crippen LogP contribution in [-0.4, -0.2) is 23.3 Å². The minimum absolute atomic E-state index is 0.0440. The van der Waals surface area contributed by atoms with Crippen LogP contribution in [0.25, 0.3) is 0 Å². The fourth-order valence-corrected chi connectivity index (χ4v) is 2.00. The van der Waals surface area contributed by atoms with Gasteiger partial charge in [-0.3, -0.25) is 0 Å². The third-order valence-electron chi connectivity index (χ3n) is 2.51. The van der Waals surface area contributed by atoms with Gasteiger partial charge in [0.25, 0.3) is 0 Å². The van der Waals surface area contributed by atoms with Gasteiger partial charge < -0.3 is 10.4 Å². The second kappa shape index (κ2) is 1.96. The van der Waals surface area contributed by atoms with E-state index in [-0.39, 0.29) is 6.10 Å². The number of aliphatic hydroxyl groups excluding tert-OH is 1. The molecule has 2 bridgehead atoms. The van der Waals surface area contributed by atoms with Gasteiger partial charge in [-0.2, -0.15) is 0 Å². The van der Waals surface area contributed by atoms with Gasteiger partial charge in [-0.05, 0) is 19.3 Å². The van der Waals surface area contributed by atoms with Crippen LogP contribution in [0.1, 0.15) is 25.7 Å². The van der Waals surface area contributed by atoms with Crippen molar-refractivity contribution in [2.75, 3.05) is 0 Å². The molecule has 2 fully saturated rings. The van der Waals surface area contributed by atoms with Gasteiger partial charge >= 0.3 is 0 Å². The van der Waals surface area contributed by atoms with Gasteiger partial charge in [0.1, 0.15) is 0 Å². The molecule has 0 saturated carbocycles. The molecule has 2 N–H and O–H groups in total. The Morgan fingerprint density at radius 1 is 1.33 bits per heavy atom. The summed E-state index contributed by atoms with van der Waals surface area (Å²) in [7, 11) is 0. The first-order valence-corrected chi connectivity index (χ1v) is 3.80. The van der Waals surface area contributed by atoms with E-state index in [9.17, 15) is 5.11 Å². The average Bonchev–Trinajstić information content (AvgIpc) is 2.09. The Morgan fingerprint density at radius 2 is 2.22 bits per heavy atom. The predicted octanol–water partition coefficient (Wildman–Crippen LogP) is 0.262. The summed E-state index contributed by atoms with van der Waals surface area (Å²) in [4.78, 5) is 0. The topological polar surface area (TPSA) is 32.3 Å². The van der Waals surface area contributed by atoms with E-state index in [4.69, 9.17) is 0 Å². The molecule has 9 heavy (non-hydrogen) atoms. The molecule has 3 atom stereocenters. The fourth-order valence-electron chi connectivity index (χ4n) is 2.00. The minimum atomic E-state index is -0.0440. The van der Waals surface area contributed by atoms with E-state index in [0.29, 0.717) is 12.1 Å². The molecule has 0 aromatic carbocycles. The molecule has 0 unspecified atom stereocenters. The Bertz CT molecular complexity index is 113. The Kier molecular flexibility index (Phi) is 1.24. The summed E-state index contributed by atoms with van der Waals surface area (Å²) in [5, 5.41) is 12.7. The monoisotopic (exact) mass is 127 g/mol. The highest BCUT2D eigenvalue weighted by molar-refractivity contribution is 4.94. The molecule has 0 aromatic heterocycles. The van der Waals surface area contributed by atoms with Gasteiger partial charge in [-0.15, -0.1) is 0 Å². The van der Waals surface area contributed by atoms with Crippen LogP contribution in [0, 0.1) is 0 Å². The van der Waals surface area contributed by atoms with Crippen molar-refractivity contribution in [1.82, 2.24) is 5.32 Å². The van der Waals surface area contributed by atoms with Crippen LogP contribution in [0.5, 0.6) is 0 Å². The normalized spacial score (nSPS) is 49.7. The molecule has 2 aliphatic heterocycles. The molecule has 0 aromatic rings. The SMILES string of the molecule is O[C@@H]1C[C@@H]2CCC[C@H]1N2. The Hall–Kier alpha value is -0.0800. The Balaban J connectivity index is 2.07. The molecule has 2 heterocycles. The summed E-state index contributed by atoms with van der Waals surface area (Å²) >= 11 is 0. The van der Waals surface area contributed by atoms with Gasteiger partial charge in [0.2, 0.25) is 0 Å². The van der Waals surface area contributed by atoms with E-state index in [1.54, 1.807) is 0 Å². The lowest BCUT2D eigenvalue weighted by molar-refractivity contribution is 0.156. The first kappa shape index (κ1) is 5.69. The van der Waals surface area contributed by atoms with E-state index in [2.05, 4.69) is 5.32 Å². The summed E-state index contributed by atoms with van der Waals surface area (Å²) in [6.07, 6.45) is 4.70. The molecule has 0 aliphatic carbocycles. The van der Waals surface area contributed by atoms with Crippen LogP contribution in [0.2, 0.25) is 0 Å². The average molecular weight is 127 g/mol. The predicted molar refractivity (Wildman–Crippen MR) is 35.2 cm³/mol. The number of hydrogen-bond acceptors (Lipinski definition) is 2. The first-order chi connectivity index (χ1) is 4.36. The Labute approximate surface area is 55.3 Å². The summed E-state index contributed by atoms with van der Waals surface area (Å²) in [5.41, 5.74) is 0. The zero-order valence-corrected chi connectivity index (χ0v) is 5.51. The highest BCUT2D eigenvalue weighted by Crippen LogP contribution is 2.26. The van der Waals surface area contributed by atoms with Crippen LogP contribution in [0.3, 0.4) is 0 Å². The van der Waals surface area contributed by atoms with Crippen molar-refractivity contribution in [3.05, 3.63) is 0 Å². The molecular weight excluding hydrogens is 114 g/mol. The van der Waals surface area contributed by atoms with E-state index in [1.165, 1.54) is 19.3 Å². The van der Waals surface area contributed by atoms with E-state index < -0.39 is 0 Å². The Morgan fingerprint density at radius 3 is 2.89 bits per heavy atom. The van der Waals surface area contributed by atoms with Crippen molar-refractivity contribution < 1.29 is 5.11 Å². The standard InChI is InChI=1S/C7H13NO/c9-7-4-5-2-1-3-6(7)8-5/h5-9H,1-4H2/t5-,6+,7+/m0/s1. The largest absolute Gasteiger partial charge is 0.391 e. The number of nitrogens with one attached hydrogen (secondary N) is 1. The lowest BCUT2D eigenvalue weighted by atomic mass is 10.1. The van der Waals surface area contributed by atoms with Crippen molar-refractivity contribution in [3.63, 3.8) is 0 Å². The molecule has 52 valence electrons. The van der Waals surface area contributed by atoms with Crippen molar-refractivity contribution in [1.29, 1.82) is 0 Å². The summed E-state index contributed by atoms with van der Waals surface area (Å²) < 4.78 is 0. The van der Waals surface area contributed by atoms with E-state index >= 15 is 0 Å². The van der Waals surface area contributed by atoms with Crippen LogP contribution in [0.4, 0.5) is 0 Å². The number of fused-ring (bicyclic) bond motifs is 2. The van der Waals surface area contributed by atoms with Gasteiger partial charge in [0.05, 0.1) is 6.10 Å². The maximum absolute atomic E-state index is 9.34. The molecule has 0 spiro atoms. The molecule has 2 aliphatic rings. The molecule has 0 radical (unpaired) electrons. The second-order valence-corrected chi connectivity index (χ2v) is 3.20. The smallest absolute Gasteiger partial charge is 0.0708 e. The van der Waals surface area contributed by atoms with E-state index in [0.717, 1.165) is 6.42 Å². The lowest BCUT2D eigenvalue weighted by Crippen LogP contribution is -2.36. The van der Waals surface area contributed by atoms with Crippen LogP contribution >= 0.6 is 0 Å². The molecule has 2 heteroatoms. The molecule has 2 rings (SSSR count). The van der Waals surface area contributed by atoms with Crippen LogP contribution in [-0.2, 0) is 0 Å². The first-order valence-electron chi connectivity index (χ1n) is 3.80. The zero-order chi connectivity index (χ0) is 6.27. The molecular formula is C7H13NO. The van der Waals surface area contributed by atoms with Crippen molar-refractivity contribution in [2.45, 2.75) is 43.9 Å². The number of rotatable bonds is 0. The van der Waals surface area contributed by atoms with Gasteiger partial charge in [0, 0.05) is 12.1 Å². The molecule has 2 saturated heterocycles. The van der Waals surface area contributed by atoms with Gasteiger partial charge in [-0.25, -0.2) is 0 Å². The minimum Gasteiger partial charge on any atom is -0.391 e. The van der Waals surface area contributed by atoms with E-state index in [1.807, 2.05) is 0 Å². The van der Waals surface area contributed by atoms with Crippen LogP contribution in [0.15, 0.2) is 0 Å². The van der Waals surface area contributed by atoms with Gasteiger partial charge in [-0.1, -0.05) is 6.42 Å². The summed E-state index contributed by atoms with van der Waals surface area (Å²) in [5.74, 6) is 0. The quantitative estimate of drug-likeness (QED) is 0.489.